The Labute approximate surface area is 182 Å². The van der Waals surface area contributed by atoms with E-state index >= 15 is 0 Å². The van der Waals surface area contributed by atoms with Gasteiger partial charge in [-0.25, -0.2) is 19.3 Å². The normalized spacial score (nSPS) is 19.6. The van der Waals surface area contributed by atoms with Crippen LogP contribution >= 0.6 is 11.6 Å². The minimum Gasteiger partial charge on any atom is -0.493 e. The van der Waals surface area contributed by atoms with Gasteiger partial charge in [0.25, 0.3) is 0 Å². The quantitative estimate of drug-likeness (QED) is 0.430. The molecule has 4 heterocycles. The smallest absolute Gasteiger partial charge is 0.235 e. The van der Waals surface area contributed by atoms with Crippen molar-refractivity contribution in [3.63, 3.8) is 0 Å². The fourth-order valence-corrected chi connectivity index (χ4v) is 4.81. The van der Waals surface area contributed by atoms with Crippen LogP contribution < -0.4 is 4.74 Å². The standard InChI is InChI=1S/C23H17ClFN5O/c24-10-17-21(15-7-8-31-20-4-2-1-3-14(15)20)22-18(28-17)11-26-23(29-22)30-12-27-16-6-5-13(25)9-19(16)30/h1-6,9,11-12,15,21H,7-8,10H2. The molecular formula is C23H17ClFN5O. The van der Waals surface area contributed by atoms with E-state index in [9.17, 15) is 4.39 Å². The molecule has 2 aromatic heterocycles. The maximum atomic E-state index is 13.8. The summed E-state index contributed by atoms with van der Waals surface area (Å²) in [5.74, 6) is 1.40. The number of halogens is 2. The Morgan fingerprint density at radius 3 is 2.97 bits per heavy atom. The molecule has 0 N–H and O–H groups in total. The summed E-state index contributed by atoms with van der Waals surface area (Å²) in [5.41, 5.74) is 4.87. The van der Waals surface area contributed by atoms with Crippen molar-refractivity contribution in [2.75, 3.05) is 12.5 Å². The predicted octanol–water partition coefficient (Wildman–Crippen LogP) is 4.93. The van der Waals surface area contributed by atoms with Crippen molar-refractivity contribution in [1.29, 1.82) is 0 Å². The molecule has 0 saturated heterocycles. The van der Waals surface area contributed by atoms with Gasteiger partial charge in [0.2, 0.25) is 5.95 Å². The van der Waals surface area contributed by atoms with Crippen LogP contribution in [0.2, 0.25) is 0 Å². The van der Waals surface area contributed by atoms with Crippen molar-refractivity contribution in [2.45, 2.75) is 18.3 Å². The second-order valence-corrected chi connectivity index (χ2v) is 7.95. The number of aliphatic imine (C=N–C) groups is 1. The number of aromatic nitrogens is 4. The minimum absolute atomic E-state index is 0.0641. The van der Waals surface area contributed by atoms with Crippen molar-refractivity contribution in [1.82, 2.24) is 19.5 Å². The van der Waals surface area contributed by atoms with E-state index in [4.69, 9.17) is 26.3 Å². The molecule has 2 aliphatic rings. The Morgan fingerprint density at radius 2 is 2.06 bits per heavy atom. The van der Waals surface area contributed by atoms with Gasteiger partial charge in [-0.2, -0.15) is 0 Å². The molecule has 0 spiro atoms. The average molecular weight is 434 g/mol. The highest BCUT2D eigenvalue weighted by molar-refractivity contribution is 6.30. The third kappa shape index (κ3) is 2.91. The van der Waals surface area contributed by atoms with Crippen LogP contribution in [0.3, 0.4) is 0 Å². The lowest BCUT2D eigenvalue weighted by molar-refractivity contribution is 0.263. The van der Waals surface area contributed by atoms with Crippen LogP contribution in [-0.4, -0.2) is 37.7 Å². The van der Waals surface area contributed by atoms with Crippen LogP contribution in [0.5, 0.6) is 5.75 Å². The van der Waals surface area contributed by atoms with Crippen LogP contribution in [0.4, 0.5) is 10.1 Å². The zero-order valence-corrected chi connectivity index (χ0v) is 17.1. The number of ether oxygens (including phenoxy) is 1. The lowest BCUT2D eigenvalue weighted by Crippen LogP contribution is -2.25. The number of fused-ring (bicyclic) bond motifs is 3. The highest BCUT2D eigenvalue weighted by atomic mass is 35.5. The van der Waals surface area contributed by atoms with Crippen molar-refractivity contribution < 1.29 is 9.13 Å². The van der Waals surface area contributed by atoms with Gasteiger partial charge in [0.1, 0.15) is 23.6 Å². The zero-order chi connectivity index (χ0) is 20.9. The van der Waals surface area contributed by atoms with Gasteiger partial charge < -0.3 is 4.74 Å². The number of nitrogens with zero attached hydrogens (tertiary/aromatic N) is 5. The Kier molecular flexibility index (Phi) is 4.24. The van der Waals surface area contributed by atoms with Crippen LogP contribution in [0.25, 0.3) is 17.0 Å². The van der Waals surface area contributed by atoms with Crippen molar-refractivity contribution >= 4 is 34.0 Å². The number of rotatable bonds is 3. The number of alkyl halides is 1. The number of imidazole rings is 1. The molecule has 154 valence electrons. The second kappa shape index (κ2) is 7.13. The maximum absolute atomic E-state index is 13.8. The maximum Gasteiger partial charge on any atom is 0.235 e. The molecule has 0 radical (unpaired) electrons. The number of hydrogen-bond donors (Lipinski definition) is 0. The van der Waals surface area contributed by atoms with E-state index in [1.165, 1.54) is 12.1 Å². The third-order valence-corrected chi connectivity index (χ3v) is 6.25. The molecule has 4 aromatic rings. The Bertz CT molecular complexity index is 1350. The van der Waals surface area contributed by atoms with Crippen LogP contribution in [0.1, 0.15) is 29.5 Å². The molecule has 6 nitrogen and oxygen atoms in total. The number of para-hydroxylation sites is 1. The van der Waals surface area contributed by atoms with Gasteiger partial charge in [-0.15, -0.1) is 11.6 Å². The molecule has 2 aromatic carbocycles. The molecule has 2 atom stereocenters. The Balaban J connectivity index is 1.48. The van der Waals surface area contributed by atoms with E-state index in [0.717, 1.165) is 34.8 Å². The second-order valence-electron chi connectivity index (χ2n) is 7.68. The van der Waals surface area contributed by atoms with Gasteiger partial charge in [-0.05, 0) is 30.2 Å². The van der Waals surface area contributed by atoms with E-state index in [0.29, 0.717) is 29.5 Å². The molecule has 0 saturated carbocycles. The first-order chi connectivity index (χ1) is 15.2. The van der Waals surface area contributed by atoms with E-state index in [1.807, 2.05) is 18.2 Å². The highest BCUT2D eigenvalue weighted by Gasteiger charge is 2.39. The topological polar surface area (TPSA) is 65.2 Å². The summed E-state index contributed by atoms with van der Waals surface area (Å²) in [7, 11) is 0. The molecule has 0 fully saturated rings. The fraction of sp³-hybridized carbons (Fsp3) is 0.217. The molecule has 31 heavy (non-hydrogen) atoms. The predicted molar refractivity (Wildman–Crippen MR) is 116 cm³/mol. The molecule has 8 heteroatoms. The van der Waals surface area contributed by atoms with Crippen molar-refractivity contribution in [3.8, 4) is 11.7 Å². The van der Waals surface area contributed by atoms with Crippen LogP contribution in [0, 0.1) is 5.82 Å². The average Bonchev–Trinajstić information content (AvgIpc) is 3.39. The molecule has 0 bridgehead atoms. The van der Waals surface area contributed by atoms with Gasteiger partial charge >= 0.3 is 0 Å². The first kappa shape index (κ1) is 18.4. The Hall–Kier alpha value is -3.32. The van der Waals surface area contributed by atoms with Crippen molar-refractivity contribution in [2.24, 2.45) is 4.99 Å². The zero-order valence-electron chi connectivity index (χ0n) is 16.4. The molecule has 0 aliphatic carbocycles. The molecule has 2 aliphatic heterocycles. The molecule has 2 unspecified atom stereocenters. The van der Waals surface area contributed by atoms with Gasteiger partial charge in [0.15, 0.2) is 0 Å². The van der Waals surface area contributed by atoms with Crippen LogP contribution in [0.15, 0.2) is 60.0 Å². The van der Waals surface area contributed by atoms with Gasteiger partial charge in [0.05, 0.1) is 41.3 Å². The number of hydrogen-bond acceptors (Lipinski definition) is 5. The van der Waals surface area contributed by atoms with Gasteiger partial charge in [-0.3, -0.25) is 9.56 Å². The molecule has 6 rings (SSSR count). The van der Waals surface area contributed by atoms with Gasteiger partial charge in [0, 0.05) is 17.7 Å². The summed E-state index contributed by atoms with van der Waals surface area (Å²) < 4.78 is 21.4. The monoisotopic (exact) mass is 433 g/mol. The summed E-state index contributed by atoms with van der Waals surface area (Å²) in [6, 6.07) is 12.6. The summed E-state index contributed by atoms with van der Waals surface area (Å²) in [6.45, 7) is 0.631. The van der Waals surface area contributed by atoms with Gasteiger partial charge in [-0.1, -0.05) is 18.2 Å². The van der Waals surface area contributed by atoms with E-state index in [1.54, 1.807) is 23.2 Å². The van der Waals surface area contributed by atoms with E-state index in [-0.39, 0.29) is 17.7 Å². The Morgan fingerprint density at radius 1 is 1.16 bits per heavy atom. The summed E-state index contributed by atoms with van der Waals surface area (Å²) >= 11 is 6.31. The molecule has 0 amide bonds. The lowest BCUT2D eigenvalue weighted by atomic mass is 9.78. The summed E-state index contributed by atoms with van der Waals surface area (Å²) in [5, 5.41) is 0. The third-order valence-electron chi connectivity index (χ3n) is 5.97. The van der Waals surface area contributed by atoms with Crippen LogP contribution in [-0.2, 0) is 0 Å². The minimum atomic E-state index is -0.333. The van der Waals surface area contributed by atoms with E-state index < -0.39 is 0 Å². The SMILES string of the molecule is Fc1ccc2ncn(-c3ncc4c(n3)C(C3CCOc5ccccc53)C(CCl)=N4)c2c1. The summed E-state index contributed by atoms with van der Waals surface area (Å²) in [6.07, 6.45) is 4.17. The first-order valence-electron chi connectivity index (χ1n) is 10.1. The molecular weight excluding hydrogens is 417 g/mol. The number of benzene rings is 2. The lowest BCUT2D eigenvalue weighted by Gasteiger charge is -2.30. The van der Waals surface area contributed by atoms with Crippen molar-refractivity contribution in [3.05, 3.63) is 72.1 Å². The first-order valence-corrected chi connectivity index (χ1v) is 10.6. The summed E-state index contributed by atoms with van der Waals surface area (Å²) in [4.78, 5) is 18.4. The fourth-order valence-electron chi connectivity index (χ4n) is 4.58. The largest absolute Gasteiger partial charge is 0.493 e. The van der Waals surface area contributed by atoms with E-state index in [2.05, 4.69) is 16.0 Å². The highest BCUT2D eigenvalue weighted by Crippen LogP contribution is 2.48.